The molecule has 0 radical (unpaired) electrons. The minimum atomic E-state index is -3.08. The molecule has 1 fully saturated rings. The zero-order chi connectivity index (χ0) is 13.6. The molecule has 0 saturated heterocycles. The summed E-state index contributed by atoms with van der Waals surface area (Å²) in [5.41, 5.74) is 0. The van der Waals surface area contributed by atoms with Crippen LogP contribution in [0.25, 0.3) is 0 Å². The second kappa shape index (κ2) is 7.72. The van der Waals surface area contributed by atoms with Gasteiger partial charge in [0, 0.05) is 19.1 Å². The monoisotopic (exact) mass is 294 g/mol. The predicted octanol–water partition coefficient (Wildman–Crippen LogP) is 1.53. The van der Waals surface area contributed by atoms with Crippen molar-refractivity contribution in [2.45, 2.75) is 44.7 Å². The summed E-state index contributed by atoms with van der Waals surface area (Å²) in [6.45, 7) is 2.80. The lowest BCUT2D eigenvalue weighted by atomic mass is 10.3. The molecule has 0 bridgehead atoms. The van der Waals surface area contributed by atoms with E-state index in [0.717, 1.165) is 18.7 Å². The minimum Gasteiger partial charge on any atom is -0.314 e. The Bertz CT molecular complexity index is 329. The van der Waals surface area contributed by atoms with E-state index in [4.69, 9.17) is 0 Å². The number of sulfonamides is 1. The van der Waals surface area contributed by atoms with Gasteiger partial charge < -0.3 is 5.32 Å². The average Bonchev–Trinajstić information content (AvgIpc) is 3.14. The third kappa shape index (κ3) is 5.91. The third-order valence-corrected chi connectivity index (χ3v) is 6.07. The zero-order valence-corrected chi connectivity index (χ0v) is 13.3. The van der Waals surface area contributed by atoms with E-state index in [-0.39, 0.29) is 11.8 Å². The second-order valence-electron chi connectivity index (χ2n) is 5.04. The van der Waals surface area contributed by atoms with E-state index in [9.17, 15) is 8.42 Å². The molecule has 0 aliphatic heterocycles. The number of nitrogens with one attached hydrogen (secondary N) is 1. The lowest BCUT2D eigenvalue weighted by molar-refractivity contribution is 0.381. The smallest absolute Gasteiger partial charge is 0.214 e. The van der Waals surface area contributed by atoms with Crippen LogP contribution in [0.15, 0.2) is 0 Å². The molecule has 0 heterocycles. The summed E-state index contributed by atoms with van der Waals surface area (Å²) in [7, 11) is -1.38. The Kier molecular flexibility index (Phi) is 6.98. The topological polar surface area (TPSA) is 49.4 Å². The molecule has 0 aromatic rings. The van der Waals surface area contributed by atoms with Crippen molar-refractivity contribution in [3.63, 3.8) is 0 Å². The van der Waals surface area contributed by atoms with Crippen LogP contribution in [0.5, 0.6) is 0 Å². The van der Waals surface area contributed by atoms with Crippen molar-refractivity contribution in [1.82, 2.24) is 9.62 Å². The number of hydrogen-bond acceptors (Lipinski definition) is 4. The Labute approximate surface area is 116 Å². The van der Waals surface area contributed by atoms with Crippen LogP contribution in [0.4, 0.5) is 0 Å². The van der Waals surface area contributed by atoms with Gasteiger partial charge in [-0.15, -0.1) is 0 Å². The lowest BCUT2D eigenvalue weighted by Gasteiger charge is -2.24. The highest BCUT2D eigenvalue weighted by Gasteiger charge is 2.23. The normalized spacial score (nSPS) is 18.2. The van der Waals surface area contributed by atoms with Gasteiger partial charge in [-0.2, -0.15) is 11.8 Å². The van der Waals surface area contributed by atoms with Gasteiger partial charge in [0.15, 0.2) is 0 Å². The van der Waals surface area contributed by atoms with E-state index < -0.39 is 10.0 Å². The molecule has 18 heavy (non-hydrogen) atoms. The Morgan fingerprint density at radius 3 is 2.67 bits per heavy atom. The lowest BCUT2D eigenvalue weighted by Crippen LogP contribution is -2.37. The minimum absolute atomic E-state index is 0.0961. The standard InChI is InChI=1S/C12H26N2O2S2/c1-11(7-9-17-3)14(2)18(15,16)10-4-8-13-12-5-6-12/h11-13H,4-10H2,1-3H3. The number of thioether (sulfide) groups is 1. The molecular weight excluding hydrogens is 268 g/mol. The van der Waals surface area contributed by atoms with Crippen molar-refractivity contribution in [3.05, 3.63) is 0 Å². The first-order valence-corrected chi connectivity index (χ1v) is 9.65. The fourth-order valence-electron chi connectivity index (χ4n) is 1.74. The summed E-state index contributed by atoms with van der Waals surface area (Å²) >= 11 is 1.76. The van der Waals surface area contributed by atoms with Gasteiger partial charge >= 0.3 is 0 Å². The SMILES string of the molecule is CSCCC(C)N(C)S(=O)(=O)CCCNC1CC1. The van der Waals surface area contributed by atoms with Gasteiger partial charge in [-0.05, 0) is 51.2 Å². The van der Waals surface area contributed by atoms with Gasteiger partial charge in [-0.3, -0.25) is 0 Å². The summed E-state index contributed by atoms with van der Waals surface area (Å²) in [5.74, 6) is 1.26. The van der Waals surface area contributed by atoms with Crippen LogP contribution in [0, 0.1) is 0 Å². The van der Waals surface area contributed by atoms with Crippen molar-refractivity contribution in [3.8, 4) is 0 Å². The van der Waals surface area contributed by atoms with E-state index in [1.807, 2.05) is 13.2 Å². The van der Waals surface area contributed by atoms with Crippen LogP contribution in [-0.2, 0) is 10.0 Å². The first kappa shape index (κ1) is 16.3. The number of nitrogens with zero attached hydrogens (tertiary/aromatic N) is 1. The number of hydrogen-bond donors (Lipinski definition) is 1. The molecule has 0 aromatic heterocycles. The van der Waals surface area contributed by atoms with E-state index in [1.165, 1.54) is 12.8 Å². The Hall–Kier alpha value is 0.220. The maximum absolute atomic E-state index is 12.1. The van der Waals surface area contributed by atoms with Gasteiger partial charge in [0.1, 0.15) is 0 Å². The molecule has 1 aliphatic rings. The highest BCUT2D eigenvalue weighted by molar-refractivity contribution is 7.98. The molecule has 1 rings (SSSR count). The molecule has 1 N–H and O–H groups in total. The molecule has 4 nitrogen and oxygen atoms in total. The Morgan fingerprint density at radius 2 is 2.11 bits per heavy atom. The third-order valence-electron chi connectivity index (χ3n) is 3.39. The molecule has 1 unspecified atom stereocenters. The van der Waals surface area contributed by atoms with Crippen molar-refractivity contribution in [1.29, 1.82) is 0 Å². The molecule has 0 amide bonds. The van der Waals surface area contributed by atoms with Crippen LogP contribution in [0.3, 0.4) is 0 Å². The van der Waals surface area contributed by atoms with E-state index >= 15 is 0 Å². The van der Waals surface area contributed by atoms with Crippen molar-refractivity contribution in [2.24, 2.45) is 0 Å². The summed E-state index contributed by atoms with van der Waals surface area (Å²) in [5, 5.41) is 3.35. The Morgan fingerprint density at radius 1 is 1.44 bits per heavy atom. The molecule has 1 atom stereocenters. The van der Waals surface area contributed by atoms with Crippen LogP contribution >= 0.6 is 11.8 Å². The van der Waals surface area contributed by atoms with Gasteiger partial charge in [0.2, 0.25) is 10.0 Å². The predicted molar refractivity (Wildman–Crippen MR) is 79.7 cm³/mol. The highest BCUT2D eigenvalue weighted by Crippen LogP contribution is 2.18. The summed E-state index contributed by atoms with van der Waals surface area (Å²) in [6, 6.07) is 0.754. The van der Waals surface area contributed by atoms with Crippen molar-refractivity contribution in [2.75, 3.05) is 31.4 Å². The van der Waals surface area contributed by atoms with Gasteiger partial charge in [-0.25, -0.2) is 12.7 Å². The van der Waals surface area contributed by atoms with Gasteiger partial charge in [0.25, 0.3) is 0 Å². The van der Waals surface area contributed by atoms with Crippen molar-refractivity contribution >= 4 is 21.8 Å². The summed E-state index contributed by atoms with van der Waals surface area (Å²) in [6.07, 6.45) is 6.16. The first-order chi connectivity index (χ1) is 8.47. The largest absolute Gasteiger partial charge is 0.314 e. The fourth-order valence-corrected chi connectivity index (χ4v) is 3.76. The number of rotatable bonds is 10. The maximum Gasteiger partial charge on any atom is 0.214 e. The van der Waals surface area contributed by atoms with Crippen LogP contribution < -0.4 is 5.32 Å². The molecule has 6 heteroatoms. The van der Waals surface area contributed by atoms with Crippen LogP contribution in [-0.4, -0.2) is 56.2 Å². The van der Waals surface area contributed by atoms with E-state index in [0.29, 0.717) is 12.5 Å². The van der Waals surface area contributed by atoms with E-state index in [1.54, 1.807) is 23.1 Å². The zero-order valence-electron chi connectivity index (χ0n) is 11.7. The molecular formula is C12H26N2O2S2. The molecule has 0 aromatic carbocycles. The quantitative estimate of drug-likeness (QED) is 0.621. The van der Waals surface area contributed by atoms with Crippen molar-refractivity contribution < 1.29 is 8.42 Å². The molecule has 1 saturated carbocycles. The molecule has 0 spiro atoms. The molecule has 1 aliphatic carbocycles. The highest BCUT2D eigenvalue weighted by atomic mass is 32.2. The van der Waals surface area contributed by atoms with Gasteiger partial charge in [-0.1, -0.05) is 0 Å². The first-order valence-electron chi connectivity index (χ1n) is 6.65. The molecule has 108 valence electrons. The van der Waals surface area contributed by atoms with Gasteiger partial charge in [0.05, 0.1) is 5.75 Å². The van der Waals surface area contributed by atoms with Crippen LogP contribution in [0.1, 0.15) is 32.6 Å². The summed E-state index contributed by atoms with van der Waals surface area (Å²) in [4.78, 5) is 0. The van der Waals surface area contributed by atoms with Crippen LogP contribution in [0.2, 0.25) is 0 Å². The maximum atomic E-state index is 12.1. The fraction of sp³-hybridized carbons (Fsp3) is 1.00. The average molecular weight is 294 g/mol. The van der Waals surface area contributed by atoms with E-state index in [2.05, 4.69) is 5.32 Å². The Balaban J connectivity index is 2.25. The summed E-state index contributed by atoms with van der Waals surface area (Å²) < 4.78 is 25.7. The second-order valence-corrected chi connectivity index (χ2v) is 8.18.